The lowest BCUT2D eigenvalue weighted by molar-refractivity contribution is 0.407. The Hall–Kier alpha value is 0.110. The SMILES string of the molecule is CC(C)(C)CNP(N)(N)=O. The largest absolute Gasteiger partial charge is 0.273 e. The van der Waals surface area contributed by atoms with Gasteiger partial charge in [0, 0.05) is 6.54 Å². The molecular formula is C5H16N3OP. The summed E-state index contributed by atoms with van der Waals surface area (Å²) in [5.41, 5.74) is 10.2. The maximum Gasteiger partial charge on any atom is 0.273 e. The van der Waals surface area contributed by atoms with Gasteiger partial charge in [0.25, 0.3) is 7.59 Å². The van der Waals surface area contributed by atoms with Gasteiger partial charge in [0.1, 0.15) is 0 Å². The Bertz CT molecular complexity index is 145. The summed E-state index contributed by atoms with van der Waals surface area (Å²) in [7, 11) is -3.01. The second kappa shape index (κ2) is 3.01. The number of nitrogens with one attached hydrogen (secondary N) is 1. The van der Waals surface area contributed by atoms with E-state index in [-0.39, 0.29) is 5.41 Å². The van der Waals surface area contributed by atoms with Crippen molar-refractivity contribution >= 4 is 7.59 Å². The zero-order valence-electron chi connectivity index (χ0n) is 6.72. The summed E-state index contributed by atoms with van der Waals surface area (Å²) in [6.07, 6.45) is 0. The number of hydrogen-bond donors (Lipinski definition) is 3. The molecule has 0 fully saturated rings. The van der Waals surface area contributed by atoms with Crippen LogP contribution >= 0.6 is 7.59 Å². The molecule has 0 radical (unpaired) electrons. The van der Waals surface area contributed by atoms with Crippen LogP contribution in [0.2, 0.25) is 0 Å². The van der Waals surface area contributed by atoms with Gasteiger partial charge in [-0.3, -0.25) is 15.6 Å². The molecule has 5 N–H and O–H groups in total. The standard InChI is InChI=1S/C5H16N3OP/c1-5(2,3)4-8-10(6,7)9/h4H2,1-3H3,(H5,6,7,8,9). The van der Waals surface area contributed by atoms with E-state index in [1.807, 2.05) is 20.8 Å². The molecule has 0 aliphatic rings. The van der Waals surface area contributed by atoms with E-state index < -0.39 is 7.59 Å². The topological polar surface area (TPSA) is 81.1 Å². The smallest absolute Gasteiger partial charge is 0.271 e. The van der Waals surface area contributed by atoms with Gasteiger partial charge in [0.2, 0.25) is 0 Å². The molecule has 0 bridgehead atoms. The predicted molar refractivity (Wildman–Crippen MR) is 43.4 cm³/mol. The quantitative estimate of drug-likeness (QED) is 0.525. The van der Waals surface area contributed by atoms with E-state index in [1.165, 1.54) is 0 Å². The molecule has 62 valence electrons. The molecule has 0 aliphatic carbocycles. The highest BCUT2D eigenvalue weighted by atomic mass is 31.2. The summed E-state index contributed by atoms with van der Waals surface area (Å²) >= 11 is 0. The van der Waals surface area contributed by atoms with Gasteiger partial charge in [-0.1, -0.05) is 20.8 Å². The van der Waals surface area contributed by atoms with Crippen molar-refractivity contribution in [3.63, 3.8) is 0 Å². The molecule has 0 spiro atoms. The average molecular weight is 165 g/mol. The summed E-state index contributed by atoms with van der Waals surface area (Å²) in [4.78, 5) is 0. The molecular weight excluding hydrogens is 149 g/mol. The van der Waals surface area contributed by atoms with Crippen LogP contribution in [0, 0.1) is 5.41 Å². The van der Waals surface area contributed by atoms with E-state index in [0.29, 0.717) is 6.54 Å². The van der Waals surface area contributed by atoms with Crippen molar-refractivity contribution in [1.82, 2.24) is 5.09 Å². The van der Waals surface area contributed by atoms with Crippen LogP contribution in [-0.4, -0.2) is 6.54 Å². The first-order valence-corrected chi connectivity index (χ1v) is 4.97. The molecule has 0 heterocycles. The Morgan fingerprint density at radius 1 is 1.40 bits per heavy atom. The zero-order chi connectivity index (χ0) is 8.41. The fourth-order valence-corrected chi connectivity index (χ4v) is 1.08. The molecule has 0 aromatic carbocycles. The Labute approximate surface area is 61.9 Å². The van der Waals surface area contributed by atoms with E-state index in [4.69, 9.17) is 11.0 Å². The molecule has 0 saturated heterocycles. The fourth-order valence-electron chi connectivity index (χ4n) is 0.361. The van der Waals surface area contributed by atoms with Gasteiger partial charge in [-0.05, 0) is 5.41 Å². The lowest BCUT2D eigenvalue weighted by atomic mass is 9.98. The molecule has 0 amide bonds. The van der Waals surface area contributed by atoms with Gasteiger partial charge in [0.05, 0.1) is 0 Å². The Kier molecular flexibility index (Phi) is 3.04. The summed E-state index contributed by atoms with van der Waals surface area (Å²) in [6.45, 7) is 6.60. The normalized spacial score (nSPS) is 13.7. The summed E-state index contributed by atoms with van der Waals surface area (Å²) in [5, 5.41) is 2.57. The average Bonchev–Trinajstić information content (AvgIpc) is 1.57. The van der Waals surface area contributed by atoms with Crippen LogP contribution in [-0.2, 0) is 4.57 Å². The van der Waals surface area contributed by atoms with Gasteiger partial charge >= 0.3 is 0 Å². The maximum atomic E-state index is 10.7. The second-order valence-corrected chi connectivity index (χ2v) is 5.34. The van der Waals surface area contributed by atoms with Crippen molar-refractivity contribution in [2.75, 3.05) is 6.54 Å². The molecule has 0 unspecified atom stereocenters. The van der Waals surface area contributed by atoms with Crippen molar-refractivity contribution in [3.8, 4) is 0 Å². The molecule has 4 nitrogen and oxygen atoms in total. The number of rotatable bonds is 2. The highest BCUT2D eigenvalue weighted by molar-refractivity contribution is 7.56. The maximum absolute atomic E-state index is 10.7. The second-order valence-electron chi connectivity index (χ2n) is 3.60. The minimum atomic E-state index is -3.01. The lowest BCUT2D eigenvalue weighted by Gasteiger charge is -2.20. The van der Waals surface area contributed by atoms with Crippen LogP contribution in [0.25, 0.3) is 0 Å². The van der Waals surface area contributed by atoms with Crippen molar-refractivity contribution in [1.29, 1.82) is 0 Å². The summed E-state index contributed by atoms with van der Waals surface area (Å²) in [6, 6.07) is 0. The lowest BCUT2D eigenvalue weighted by Crippen LogP contribution is -2.30. The van der Waals surface area contributed by atoms with Crippen molar-refractivity contribution in [2.45, 2.75) is 20.8 Å². The molecule has 0 aromatic rings. The van der Waals surface area contributed by atoms with Crippen LogP contribution in [0.3, 0.4) is 0 Å². The van der Waals surface area contributed by atoms with Crippen molar-refractivity contribution in [3.05, 3.63) is 0 Å². The fraction of sp³-hybridized carbons (Fsp3) is 1.00. The summed E-state index contributed by atoms with van der Waals surface area (Å²) in [5.74, 6) is 0. The molecule has 5 heteroatoms. The van der Waals surface area contributed by atoms with E-state index in [1.54, 1.807) is 0 Å². The van der Waals surface area contributed by atoms with E-state index in [2.05, 4.69) is 5.09 Å². The van der Waals surface area contributed by atoms with Crippen LogP contribution in [0.4, 0.5) is 0 Å². The molecule has 0 saturated carbocycles. The minimum absolute atomic E-state index is 0.0639. The summed E-state index contributed by atoms with van der Waals surface area (Å²) < 4.78 is 10.7. The van der Waals surface area contributed by atoms with E-state index >= 15 is 0 Å². The number of nitrogens with two attached hydrogens (primary N) is 2. The molecule has 0 rings (SSSR count). The van der Waals surface area contributed by atoms with Gasteiger partial charge in [-0.25, -0.2) is 5.09 Å². The van der Waals surface area contributed by atoms with Crippen LogP contribution in [0.15, 0.2) is 0 Å². The molecule has 10 heavy (non-hydrogen) atoms. The first kappa shape index (κ1) is 10.1. The molecule has 0 aromatic heterocycles. The Balaban J connectivity index is 3.67. The van der Waals surface area contributed by atoms with Crippen LogP contribution in [0.1, 0.15) is 20.8 Å². The monoisotopic (exact) mass is 165 g/mol. The highest BCUT2D eigenvalue weighted by Crippen LogP contribution is 2.21. The predicted octanol–water partition coefficient (Wildman–Crippen LogP) is 0.648. The minimum Gasteiger partial charge on any atom is -0.271 e. The third kappa shape index (κ3) is 8.11. The van der Waals surface area contributed by atoms with Crippen LogP contribution < -0.4 is 16.1 Å². The third-order valence-corrected chi connectivity index (χ3v) is 1.51. The van der Waals surface area contributed by atoms with Gasteiger partial charge in [-0.15, -0.1) is 0 Å². The molecule has 0 aliphatic heterocycles. The van der Waals surface area contributed by atoms with Crippen LogP contribution in [0.5, 0.6) is 0 Å². The molecule has 0 atom stereocenters. The van der Waals surface area contributed by atoms with E-state index in [0.717, 1.165) is 0 Å². The van der Waals surface area contributed by atoms with Gasteiger partial charge in [-0.2, -0.15) is 0 Å². The van der Waals surface area contributed by atoms with E-state index in [9.17, 15) is 4.57 Å². The third-order valence-electron chi connectivity index (χ3n) is 0.857. The van der Waals surface area contributed by atoms with Gasteiger partial charge in [0.15, 0.2) is 0 Å². The Morgan fingerprint density at radius 3 is 1.90 bits per heavy atom. The first-order chi connectivity index (χ1) is 4.21. The van der Waals surface area contributed by atoms with Crippen molar-refractivity contribution in [2.24, 2.45) is 16.4 Å². The number of hydrogen-bond acceptors (Lipinski definition) is 1. The zero-order valence-corrected chi connectivity index (χ0v) is 7.61. The van der Waals surface area contributed by atoms with Crippen molar-refractivity contribution < 1.29 is 4.57 Å². The first-order valence-electron chi connectivity index (χ1n) is 3.13. The van der Waals surface area contributed by atoms with Gasteiger partial charge < -0.3 is 0 Å². The highest BCUT2D eigenvalue weighted by Gasteiger charge is 2.14. The Morgan fingerprint density at radius 2 is 1.80 bits per heavy atom.